The lowest BCUT2D eigenvalue weighted by Crippen LogP contribution is -2.25. The Labute approximate surface area is 157 Å². The molecule has 0 atom stereocenters. The molecule has 0 fully saturated rings. The van der Waals surface area contributed by atoms with Crippen molar-refractivity contribution in [2.45, 2.75) is 38.3 Å². The van der Waals surface area contributed by atoms with E-state index in [0.29, 0.717) is 18.1 Å². The molecule has 8 nitrogen and oxygen atoms in total. The second-order valence-electron chi connectivity index (χ2n) is 6.06. The Hall–Kier alpha value is -2.78. The number of amides is 1. The first-order valence-electron chi connectivity index (χ1n) is 8.58. The van der Waals surface area contributed by atoms with Gasteiger partial charge in [-0.1, -0.05) is 6.92 Å². The molecule has 3 aromatic rings. The predicted octanol–water partition coefficient (Wildman–Crippen LogP) is 2.28. The second-order valence-corrected chi connectivity index (χ2v) is 7.82. The van der Waals surface area contributed by atoms with Crippen molar-refractivity contribution in [1.82, 2.24) is 19.3 Å². The summed E-state index contributed by atoms with van der Waals surface area (Å²) in [6.07, 6.45) is 2.58. The molecule has 0 radical (unpaired) electrons. The number of imidazole rings is 1. The summed E-state index contributed by atoms with van der Waals surface area (Å²) in [6, 6.07) is 9.65. The van der Waals surface area contributed by atoms with E-state index in [9.17, 15) is 13.2 Å². The van der Waals surface area contributed by atoms with Crippen LogP contribution in [0.15, 0.2) is 47.5 Å². The van der Waals surface area contributed by atoms with E-state index in [0.717, 1.165) is 17.6 Å². The Balaban J connectivity index is 1.80. The van der Waals surface area contributed by atoms with Gasteiger partial charge in [0.05, 0.1) is 11.4 Å². The van der Waals surface area contributed by atoms with Gasteiger partial charge >= 0.3 is 0 Å². The second kappa shape index (κ2) is 7.85. The third kappa shape index (κ3) is 4.32. The van der Waals surface area contributed by atoms with Crippen LogP contribution in [-0.2, 0) is 27.9 Å². The molecule has 9 heteroatoms. The average molecular weight is 387 g/mol. The van der Waals surface area contributed by atoms with Gasteiger partial charge in [0.25, 0.3) is 0 Å². The number of sulfonamides is 1. The van der Waals surface area contributed by atoms with Gasteiger partial charge in [-0.2, -0.15) is 0 Å². The number of aromatic nitrogens is 3. The number of aryl methyl sites for hydroxylation is 1. The van der Waals surface area contributed by atoms with Crippen molar-refractivity contribution in [1.29, 1.82) is 0 Å². The lowest BCUT2D eigenvalue weighted by molar-refractivity contribution is -0.114. The normalized spacial score (nSPS) is 11.6. The number of hydrogen-bond donors (Lipinski definition) is 2. The minimum Gasteiger partial charge on any atom is -0.326 e. The summed E-state index contributed by atoms with van der Waals surface area (Å²) < 4.78 is 29.7. The minimum atomic E-state index is -3.71. The molecule has 0 aliphatic rings. The number of carbonyl (C=O) groups excluding carboxylic acids is 1. The minimum absolute atomic E-state index is 0.0616. The summed E-state index contributed by atoms with van der Waals surface area (Å²) in [4.78, 5) is 20.0. The van der Waals surface area contributed by atoms with E-state index in [1.54, 1.807) is 24.4 Å². The van der Waals surface area contributed by atoms with Crippen LogP contribution >= 0.6 is 0 Å². The maximum atomic E-state index is 12.6. The smallest absolute Gasteiger partial charge is 0.240 e. The number of nitrogens with one attached hydrogen (secondary N) is 2. The van der Waals surface area contributed by atoms with Crippen LogP contribution in [0.25, 0.3) is 11.2 Å². The molecule has 3 rings (SSSR count). The summed E-state index contributed by atoms with van der Waals surface area (Å²) in [5, 5.41) is 2.60. The van der Waals surface area contributed by atoms with E-state index in [-0.39, 0.29) is 17.3 Å². The Morgan fingerprint density at radius 1 is 1.19 bits per heavy atom. The zero-order chi connectivity index (χ0) is 19.4. The fraction of sp³-hybridized carbons (Fsp3) is 0.278. The molecule has 0 saturated heterocycles. The average Bonchev–Trinajstić information content (AvgIpc) is 2.98. The largest absolute Gasteiger partial charge is 0.326 e. The van der Waals surface area contributed by atoms with Crippen LogP contribution < -0.4 is 10.0 Å². The molecule has 0 bridgehead atoms. The highest BCUT2D eigenvalue weighted by molar-refractivity contribution is 7.89. The standard InChI is InChI=1S/C18H21N5O3S/c1-3-11-23-17(22-16-5-4-10-19-18(16)23)12-20-27(25,26)15-8-6-14(7-9-15)21-13(2)24/h4-10,20H,3,11-12H2,1-2H3,(H,21,24). The van der Waals surface area contributed by atoms with Crippen molar-refractivity contribution < 1.29 is 13.2 Å². The molecule has 1 aromatic carbocycles. The van der Waals surface area contributed by atoms with Crippen LogP contribution in [0.1, 0.15) is 26.1 Å². The number of pyridine rings is 1. The number of fused-ring (bicyclic) bond motifs is 1. The quantitative estimate of drug-likeness (QED) is 0.647. The molecule has 2 N–H and O–H groups in total. The first kappa shape index (κ1) is 19.0. The molecule has 0 spiro atoms. The summed E-state index contributed by atoms with van der Waals surface area (Å²) in [5.41, 5.74) is 2.02. The van der Waals surface area contributed by atoms with Gasteiger partial charge in [-0.25, -0.2) is 23.1 Å². The highest BCUT2D eigenvalue weighted by Gasteiger charge is 2.17. The zero-order valence-corrected chi connectivity index (χ0v) is 16.0. The van der Waals surface area contributed by atoms with Gasteiger partial charge in [0.15, 0.2) is 5.65 Å². The number of hydrogen-bond acceptors (Lipinski definition) is 5. The number of benzene rings is 1. The van der Waals surface area contributed by atoms with Crippen molar-refractivity contribution in [3.05, 3.63) is 48.4 Å². The maximum Gasteiger partial charge on any atom is 0.240 e. The van der Waals surface area contributed by atoms with E-state index in [2.05, 4.69) is 20.0 Å². The van der Waals surface area contributed by atoms with Gasteiger partial charge in [-0.05, 0) is 42.8 Å². The molecule has 2 aromatic heterocycles. The molecule has 0 saturated carbocycles. The molecule has 0 aliphatic carbocycles. The topological polar surface area (TPSA) is 106 Å². The maximum absolute atomic E-state index is 12.6. The Kier molecular flexibility index (Phi) is 5.52. The summed E-state index contributed by atoms with van der Waals surface area (Å²) in [7, 11) is -3.71. The van der Waals surface area contributed by atoms with E-state index in [1.807, 2.05) is 17.6 Å². The van der Waals surface area contributed by atoms with Crippen molar-refractivity contribution in [3.63, 3.8) is 0 Å². The molecule has 2 heterocycles. The molecule has 1 amide bonds. The predicted molar refractivity (Wildman–Crippen MR) is 103 cm³/mol. The lowest BCUT2D eigenvalue weighted by atomic mass is 10.3. The molecule has 142 valence electrons. The van der Waals surface area contributed by atoms with Crippen LogP contribution in [0.5, 0.6) is 0 Å². The third-order valence-electron chi connectivity index (χ3n) is 3.94. The molecule has 0 unspecified atom stereocenters. The summed E-state index contributed by atoms with van der Waals surface area (Å²) in [5.74, 6) is 0.399. The molecule has 27 heavy (non-hydrogen) atoms. The fourth-order valence-electron chi connectivity index (χ4n) is 2.76. The van der Waals surface area contributed by atoms with Gasteiger partial charge in [0.1, 0.15) is 11.3 Å². The molecular formula is C18H21N5O3S. The van der Waals surface area contributed by atoms with E-state index >= 15 is 0 Å². The van der Waals surface area contributed by atoms with Gasteiger partial charge in [-0.3, -0.25) is 4.79 Å². The number of anilines is 1. The molecule has 0 aliphatic heterocycles. The van der Waals surface area contributed by atoms with Crippen LogP contribution in [0.2, 0.25) is 0 Å². The SMILES string of the molecule is CCCn1c(CNS(=O)(=O)c2ccc(NC(C)=O)cc2)nc2cccnc21. The van der Waals surface area contributed by atoms with Crippen molar-refractivity contribution >= 4 is 32.8 Å². The highest BCUT2D eigenvalue weighted by Crippen LogP contribution is 2.17. The van der Waals surface area contributed by atoms with Crippen molar-refractivity contribution in [2.75, 3.05) is 5.32 Å². The Morgan fingerprint density at radius 3 is 2.59 bits per heavy atom. The number of nitrogens with zero attached hydrogens (tertiary/aromatic N) is 3. The van der Waals surface area contributed by atoms with Gasteiger partial charge in [0.2, 0.25) is 15.9 Å². The van der Waals surface area contributed by atoms with E-state index in [4.69, 9.17) is 0 Å². The van der Waals surface area contributed by atoms with E-state index in [1.165, 1.54) is 19.1 Å². The monoisotopic (exact) mass is 387 g/mol. The highest BCUT2D eigenvalue weighted by atomic mass is 32.2. The van der Waals surface area contributed by atoms with Crippen molar-refractivity contribution in [2.24, 2.45) is 0 Å². The Morgan fingerprint density at radius 2 is 1.93 bits per heavy atom. The summed E-state index contributed by atoms with van der Waals surface area (Å²) >= 11 is 0. The number of carbonyl (C=O) groups is 1. The fourth-order valence-corrected chi connectivity index (χ4v) is 3.74. The first-order valence-corrected chi connectivity index (χ1v) is 10.1. The van der Waals surface area contributed by atoms with Gasteiger partial charge < -0.3 is 9.88 Å². The van der Waals surface area contributed by atoms with Gasteiger partial charge in [0, 0.05) is 25.4 Å². The van der Waals surface area contributed by atoms with Gasteiger partial charge in [-0.15, -0.1) is 0 Å². The van der Waals surface area contributed by atoms with Crippen LogP contribution in [0.3, 0.4) is 0 Å². The molecular weight excluding hydrogens is 366 g/mol. The summed E-state index contributed by atoms with van der Waals surface area (Å²) in [6.45, 7) is 4.20. The third-order valence-corrected chi connectivity index (χ3v) is 5.35. The zero-order valence-electron chi connectivity index (χ0n) is 15.1. The van der Waals surface area contributed by atoms with Crippen LogP contribution in [0, 0.1) is 0 Å². The van der Waals surface area contributed by atoms with Crippen molar-refractivity contribution in [3.8, 4) is 0 Å². The van der Waals surface area contributed by atoms with Crippen LogP contribution in [-0.4, -0.2) is 28.9 Å². The lowest BCUT2D eigenvalue weighted by Gasteiger charge is -2.10. The first-order chi connectivity index (χ1) is 12.9. The van der Waals surface area contributed by atoms with E-state index < -0.39 is 10.0 Å². The van der Waals surface area contributed by atoms with Crippen LogP contribution in [0.4, 0.5) is 5.69 Å². The number of rotatable bonds is 7. The Bertz CT molecular complexity index is 1060.